The van der Waals surface area contributed by atoms with Gasteiger partial charge in [0.15, 0.2) is 5.78 Å². The average molecular weight is 394 g/mol. The molecule has 0 fully saturated rings. The molecule has 0 saturated heterocycles. The zero-order valence-electron chi connectivity index (χ0n) is 16.3. The van der Waals surface area contributed by atoms with Gasteiger partial charge in [-0.25, -0.2) is 4.98 Å². The second-order valence-corrected chi connectivity index (χ2v) is 7.93. The monoisotopic (exact) mass is 393 g/mol. The lowest BCUT2D eigenvalue weighted by Gasteiger charge is -2.04. The summed E-state index contributed by atoms with van der Waals surface area (Å²) in [5.41, 5.74) is 3.49. The third kappa shape index (κ3) is 4.93. The van der Waals surface area contributed by atoms with E-state index < -0.39 is 0 Å². The lowest BCUT2D eigenvalue weighted by Crippen LogP contribution is -2.04. The van der Waals surface area contributed by atoms with Crippen molar-refractivity contribution >= 4 is 22.9 Å². The van der Waals surface area contributed by atoms with E-state index in [9.17, 15) is 9.59 Å². The molecule has 0 amide bonds. The number of ether oxygens (including phenoxy) is 1. The Kier molecular flexibility index (Phi) is 6.37. The van der Waals surface area contributed by atoms with Crippen molar-refractivity contribution in [1.29, 1.82) is 0 Å². The Labute approximate surface area is 169 Å². The molecule has 0 aliphatic carbocycles. The zero-order valence-corrected chi connectivity index (χ0v) is 17.1. The fourth-order valence-corrected chi connectivity index (χ4v) is 3.96. The minimum Gasteiger partial charge on any atom is -0.494 e. The highest BCUT2D eigenvalue weighted by Crippen LogP contribution is 2.29. The van der Waals surface area contributed by atoms with Gasteiger partial charge in [0, 0.05) is 22.4 Å². The minimum atomic E-state index is 0.0290. The van der Waals surface area contributed by atoms with Gasteiger partial charge in [0.2, 0.25) is 0 Å². The van der Waals surface area contributed by atoms with Gasteiger partial charge in [0.25, 0.3) is 0 Å². The number of benzene rings is 2. The van der Waals surface area contributed by atoms with Crippen molar-refractivity contribution in [3.8, 4) is 17.0 Å². The smallest absolute Gasteiger partial charge is 0.169 e. The standard InChI is InChI=1S/C23H23NO3S/c1-4-27-20-11-9-19(10-12-20)23-16(3)28-22(24-23)14-21(26)18-7-5-17(6-8-18)13-15(2)25/h5-12H,4,13-14H2,1-3H3. The number of nitrogens with zero attached hydrogens (tertiary/aromatic N) is 1. The number of thiazole rings is 1. The molecule has 0 unspecified atom stereocenters. The molecule has 4 nitrogen and oxygen atoms in total. The van der Waals surface area contributed by atoms with Gasteiger partial charge in [-0.3, -0.25) is 9.59 Å². The number of rotatable bonds is 8. The van der Waals surface area contributed by atoms with E-state index in [1.807, 2.05) is 50.2 Å². The molecule has 3 rings (SSSR count). The summed E-state index contributed by atoms with van der Waals surface area (Å²) in [4.78, 5) is 29.6. The first-order chi connectivity index (χ1) is 13.5. The molecule has 0 aliphatic heterocycles. The van der Waals surface area contributed by atoms with E-state index in [0.717, 1.165) is 32.5 Å². The molecule has 0 bridgehead atoms. The quantitative estimate of drug-likeness (QED) is 0.501. The van der Waals surface area contributed by atoms with E-state index in [-0.39, 0.29) is 18.0 Å². The first kappa shape index (κ1) is 20.0. The Bertz CT molecular complexity index is 972. The number of aromatic nitrogens is 1. The maximum atomic E-state index is 12.6. The lowest BCUT2D eigenvalue weighted by molar-refractivity contribution is -0.116. The van der Waals surface area contributed by atoms with Crippen LogP contribution in [0.4, 0.5) is 0 Å². The second-order valence-electron chi connectivity index (χ2n) is 6.65. The van der Waals surface area contributed by atoms with Gasteiger partial charge >= 0.3 is 0 Å². The fraction of sp³-hybridized carbons (Fsp3) is 0.261. The summed E-state index contributed by atoms with van der Waals surface area (Å²) in [7, 11) is 0. The van der Waals surface area contributed by atoms with Crippen molar-refractivity contribution in [3.63, 3.8) is 0 Å². The summed E-state index contributed by atoms with van der Waals surface area (Å²) in [6.45, 7) is 6.18. The van der Waals surface area contributed by atoms with Crippen LogP contribution in [0.3, 0.4) is 0 Å². The van der Waals surface area contributed by atoms with Crippen LogP contribution in [-0.2, 0) is 17.6 Å². The number of hydrogen-bond acceptors (Lipinski definition) is 5. The van der Waals surface area contributed by atoms with Crippen LogP contribution in [0.15, 0.2) is 48.5 Å². The predicted molar refractivity (Wildman–Crippen MR) is 112 cm³/mol. The van der Waals surface area contributed by atoms with Crippen LogP contribution in [0, 0.1) is 6.92 Å². The SMILES string of the molecule is CCOc1ccc(-c2nc(CC(=O)c3ccc(CC(C)=O)cc3)sc2C)cc1. The molecule has 5 heteroatoms. The van der Waals surface area contributed by atoms with E-state index in [4.69, 9.17) is 9.72 Å². The number of hydrogen-bond donors (Lipinski definition) is 0. The number of aryl methyl sites for hydroxylation is 1. The van der Waals surface area contributed by atoms with Gasteiger partial charge in [-0.05, 0) is 50.6 Å². The van der Waals surface area contributed by atoms with Gasteiger partial charge < -0.3 is 4.74 Å². The van der Waals surface area contributed by atoms with Crippen molar-refractivity contribution in [2.24, 2.45) is 0 Å². The highest BCUT2D eigenvalue weighted by molar-refractivity contribution is 7.12. The Morgan fingerprint density at radius 2 is 1.68 bits per heavy atom. The molecule has 1 aromatic heterocycles. The van der Waals surface area contributed by atoms with Crippen LogP contribution in [-0.4, -0.2) is 23.2 Å². The normalized spacial score (nSPS) is 10.7. The summed E-state index contributed by atoms with van der Waals surface area (Å²) in [6, 6.07) is 15.1. The summed E-state index contributed by atoms with van der Waals surface area (Å²) in [5.74, 6) is 0.975. The van der Waals surface area contributed by atoms with Crippen molar-refractivity contribution in [1.82, 2.24) is 4.98 Å². The zero-order chi connectivity index (χ0) is 20.1. The van der Waals surface area contributed by atoms with Gasteiger partial charge in [-0.15, -0.1) is 11.3 Å². The van der Waals surface area contributed by atoms with Crippen LogP contribution in [0.2, 0.25) is 0 Å². The van der Waals surface area contributed by atoms with Crippen LogP contribution >= 0.6 is 11.3 Å². The number of carbonyl (C=O) groups excluding carboxylic acids is 2. The molecular formula is C23H23NO3S. The summed E-state index contributed by atoms with van der Waals surface area (Å²) >= 11 is 1.55. The van der Waals surface area contributed by atoms with Crippen molar-refractivity contribution in [2.75, 3.05) is 6.61 Å². The number of carbonyl (C=O) groups is 2. The van der Waals surface area contributed by atoms with Crippen molar-refractivity contribution in [3.05, 3.63) is 69.5 Å². The topological polar surface area (TPSA) is 56.3 Å². The highest BCUT2D eigenvalue weighted by Gasteiger charge is 2.14. The first-order valence-electron chi connectivity index (χ1n) is 9.27. The third-order valence-corrected chi connectivity index (χ3v) is 5.29. The molecule has 0 radical (unpaired) electrons. The Morgan fingerprint density at radius 1 is 1.00 bits per heavy atom. The van der Waals surface area contributed by atoms with Crippen LogP contribution in [0.5, 0.6) is 5.75 Å². The molecule has 0 saturated carbocycles. The van der Waals surface area contributed by atoms with Crippen molar-refractivity contribution < 1.29 is 14.3 Å². The molecule has 3 aromatic rings. The number of ketones is 2. The molecule has 0 atom stereocenters. The van der Waals surface area contributed by atoms with Gasteiger partial charge in [-0.2, -0.15) is 0 Å². The van der Waals surface area contributed by atoms with Gasteiger partial charge in [0.1, 0.15) is 16.5 Å². The van der Waals surface area contributed by atoms with Crippen molar-refractivity contribution in [2.45, 2.75) is 33.6 Å². The Balaban J connectivity index is 1.72. The fourth-order valence-electron chi connectivity index (χ4n) is 3.01. The second kappa shape index (κ2) is 8.93. The number of Topliss-reactive ketones (excluding diaryl/α,β-unsaturated/α-hetero) is 2. The summed E-state index contributed by atoms with van der Waals surface area (Å²) in [5, 5.41) is 0.805. The third-order valence-electron chi connectivity index (χ3n) is 4.32. The maximum Gasteiger partial charge on any atom is 0.169 e. The van der Waals surface area contributed by atoms with E-state index in [1.54, 1.807) is 30.4 Å². The Morgan fingerprint density at radius 3 is 2.29 bits per heavy atom. The molecule has 2 aromatic carbocycles. The molecular weight excluding hydrogens is 370 g/mol. The lowest BCUT2D eigenvalue weighted by atomic mass is 10.0. The predicted octanol–water partition coefficient (Wildman–Crippen LogP) is 5.07. The van der Waals surface area contributed by atoms with Crippen LogP contribution < -0.4 is 4.74 Å². The molecule has 0 aliphatic rings. The Hall–Kier alpha value is -2.79. The van der Waals surface area contributed by atoms with E-state index in [2.05, 4.69) is 0 Å². The summed E-state index contributed by atoms with van der Waals surface area (Å²) < 4.78 is 5.48. The average Bonchev–Trinajstić information content (AvgIpc) is 3.03. The largest absolute Gasteiger partial charge is 0.494 e. The molecule has 0 N–H and O–H groups in total. The van der Waals surface area contributed by atoms with Gasteiger partial charge in [0.05, 0.1) is 18.7 Å². The van der Waals surface area contributed by atoms with Crippen LogP contribution in [0.25, 0.3) is 11.3 Å². The van der Waals surface area contributed by atoms with E-state index in [1.165, 1.54) is 0 Å². The molecule has 1 heterocycles. The maximum absolute atomic E-state index is 12.6. The summed E-state index contributed by atoms with van der Waals surface area (Å²) in [6.07, 6.45) is 0.667. The molecule has 144 valence electrons. The van der Waals surface area contributed by atoms with E-state index >= 15 is 0 Å². The van der Waals surface area contributed by atoms with E-state index in [0.29, 0.717) is 18.6 Å². The first-order valence-corrected chi connectivity index (χ1v) is 10.1. The van der Waals surface area contributed by atoms with Crippen LogP contribution in [0.1, 0.15) is 39.7 Å². The highest BCUT2D eigenvalue weighted by atomic mass is 32.1. The van der Waals surface area contributed by atoms with Gasteiger partial charge in [-0.1, -0.05) is 24.3 Å². The molecule has 28 heavy (non-hydrogen) atoms. The molecule has 0 spiro atoms. The minimum absolute atomic E-state index is 0.0290.